The van der Waals surface area contributed by atoms with Gasteiger partial charge in [0.05, 0.1) is 23.3 Å². The fraction of sp³-hybridized carbons (Fsp3) is 0.214. The van der Waals surface area contributed by atoms with Crippen LogP contribution in [-0.4, -0.2) is 44.4 Å². The zero-order valence-corrected chi connectivity index (χ0v) is 23.8. The molecule has 216 valence electrons. The van der Waals surface area contributed by atoms with Crippen molar-refractivity contribution in [1.29, 1.82) is 0 Å². The van der Waals surface area contributed by atoms with Crippen molar-refractivity contribution in [2.24, 2.45) is 13.0 Å². The summed E-state index contributed by atoms with van der Waals surface area (Å²) in [6, 6.07) is 8.82. The normalized spacial score (nSPS) is 13.8. The van der Waals surface area contributed by atoms with Crippen LogP contribution in [0.5, 0.6) is 0 Å². The minimum Gasteiger partial charge on any atom is -0.476 e. The summed E-state index contributed by atoms with van der Waals surface area (Å²) in [5.41, 5.74) is 3.76. The first-order valence-corrected chi connectivity index (χ1v) is 14.9. The second-order valence-corrected chi connectivity index (χ2v) is 11.6. The van der Waals surface area contributed by atoms with Crippen LogP contribution in [0.2, 0.25) is 0 Å². The third-order valence-corrected chi connectivity index (χ3v) is 8.25. The van der Waals surface area contributed by atoms with Crippen molar-refractivity contribution < 1.29 is 27.4 Å². The number of aryl methyl sites for hydroxylation is 1. The fourth-order valence-corrected chi connectivity index (χ4v) is 5.92. The van der Waals surface area contributed by atoms with E-state index in [1.54, 1.807) is 40.9 Å². The number of aromatic carboxylic acids is 1. The summed E-state index contributed by atoms with van der Waals surface area (Å²) in [4.78, 5) is 15.9. The number of carbonyl (C=O) groups is 1. The highest BCUT2D eigenvalue weighted by atomic mass is 32.2. The Labute approximate surface area is 245 Å². The molecule has 3 aromatic heterocycles. The van der Waals surface area contributed by atoms with Crippen molar-refractivity contribution in [3.8, 4) is 27.5 Å². The Morgan fingerprint density at radius 3 is 2.62 bits per heavy atom. The van der Waals surface area contributed by atoms with Gasteiger partial charge in [-0.15, -0.1) is 11.3 Å². The maximum absolute atomic E-state index is 15.3. The average Bonchev–Trinajstić information content (AvgIpc) is 3.29. The number of hydrogen-bond acceptors (Lipinski definition) is 6. The second-order valence-electron chi connectivity index (χ2n) is 10.1. The molecule has 42 heavy (non-hydrogen) atoms. The molecule has 3 N–H and O–H groups in total. The summed E-state index contributed by atoms with van der Waals surface area (Å²) in [7, 11) is 1.73. The molecule has 3 heterocycles. The predicted octanol–water partition coefficient (Wildman–Crippen LogP) is 5.46. The lowest BCUT2D eigenvalue weighted by molar-refractivity contribution is 0.0691. The molecule has 1 aliphatic carbocycles. The van der Waals surface area contributed by atoms with Crippen LogP contribution in [0.15, 0.2) is 54.2 Å². The van der Waals surface area contributed by atoms with Gasteiger partial charge >= 0.3 is 5.97 Å². The Hall–Kier alpha value is -4.27. The molecule has 2 aromatic carbocycles. The van der Waals surface area contributed by atoms with E-state index >= 15 is 8.78 Å². The molecule has 0 amide bonds. The largest absolute Gasteiger partial charge is 0.476 e. The third kappa shape index (κ3) is 5.73. The molecule has 0 radical (unpaired) electrons. The molecule has 1 saturated carbocycles. The van der Waals surface area contributed by atoms with E-state index in [0.717, 1.165) is 30.2 Å². The van der Waals surface area contributed by atoms with E-state index in [1.165, 1.54) is 23.6 Å². The lowest BCUT2D eigenvalue weighted by Gasteiger charge is -2.12. The molecule has 1 unspecified atom stereocenters. The molecule has 0 spiro atoms. The lowest BCUT2D eigenvalue weighted by Crippen LogP contribution is -2.04. The maximum atomic E-state index is 15.3. The van der Waals surface area contributed by atoms with Gasteiger partial charge in [0.2, 0.25) is 5.13 Å². The summed E-state index contributed by atoms with van der Waals surface area (Å²) in [6.07, 6.45) is 6.08. The van der Waals surface area contributed by atoms with Crippen molar-refractivity contribution in [3.05, 3.63) is 88.3 Å². The van der Waals surface area contributed by atoms with Crippen LogP contribution in [0.4, 0.5) is 14.5 Å². The number of carboxylic acid groups (broad SMARTS) is 1. The van der Waals surface area contributed by atoms with Crippen LogP contribution in [0.3, 0.4) is 0 Å². The SMILES string of the molecule is Cn1cc(-c2cc(-c3c(Cc4ccc(NS(=O)O)cc4F)c(CC4CC4)nn3-c3nc(C(=O)O)cs3)ccc2F)cn1. The average molecular weight is 611 g/mol. The van der Waals surface area contributed by atoms with Crippen LogP contribution >= 0.6 is 11.3 Å². The molecule has 10 nitrogen and oxygen atoms in total. The summed E-state index contributed by atoms with van der Waals surface area (Å²) in [5, 5.41) is 20.3. The van der Waals surface area contributed by atoms with Gasteiger partial charge in [-0.05, 0) is 61.1 Å². The number of hydrogen-bond donors (Lipinski definition) is 3. The van der Waals surface area contributed by atoms with Crippen LogP contribution in [-0.2, 0) is 31.2 Å². The Kier molecular flexibility index (Phi) is 7.43. The number of thiazole rings is 1. The van der Waals surface area contributed by atoms with Crippen molar-refractivity contribution in [1.82, 2.24) is 24.5 Å². The van der Waals surface area contributed by atoms with E-state index < -0.39 is 28.9 Å². The highest BCUT2D eigenvalue weighted by Crippen LogP contribution is 2.39. The van der Waals surface area contributed by atoms with Gasteiger partial charge in [-0.3, -0.25) is 14.0 Å². The highest BCUT2D eigenvalue weighted by molar-refractivity contribution is 7.80. The number of nitrogens with zero attached hydrogens (tertiary/aromatic N) is 5. The lowest BCUT2D eigenvalue weighted by atomic mass is 9.95. The van der Waals surface area contributed by atoms with Gasteiger partial charge < -0.3 is 5.11 Å². The zero-order chi connectivity index (χ0) is 29.5. The number of aromatic nitrogens is 5. The molecule has 0 saturated heterocycles. The molecule has 5 aromatic rings. The number of halogens is 2. The Bertz CT molecular complexity index is 1850. The summed E-state index contributed by atoms with van der Waals surface area (Å²) < 4.78 is 56.0. The summed E-state index contributed by atoms with van der Waals surface area (Å²) >= 11 is -1.25. The third-order valence-electron chi connectivity index (χ3n) is 7.02. The van der Waals surface area contributed by atoms with Crippen molar-refractivity contribution in [2.75, 3.05) is 4.72 Å². The van der Waals surface area contributed by atoms with Crippen molar-refractivity contribution >= 4 is 34.3 Å². The Morgan fingerprint density at radius 1 is 1.17 bits per heavy atom. The monoisotopic (exact) mass is 610 g/mol. The smallest absolute Gasteiger partial charge is 0.355 e. The topological polar surface area (TPSA) is 135 Å². The van der Waals surface area contributed by atoms with E-state index in [9.17, 15) is 14.1 Å². The Balaban J connectivity index is 1.54. The van der Waals surface area contributed by atoms with E-state index in [0.29, 0.717) is 56.7 Å². The van der Waals surface area contributed by atoms with E-state index in [1.807, 2.05) is 0 Å². The molecule has 1 aliphatic rings. The highest BCUT2D eigenvalue weighted by Gasteiger charge is 2.29. The van der Waals surface area contributed by atoms with Gasteiger partial charge in [0.1, 0.15) is 11.6 Å². The van der Waals surface area contributed by atoms with Crippen molar-refractivity contribution in [3.63, 3.8) is 0 Å². The molecule has 1 fully saturated rings. The number of rotatable bonds is 10. The molecular formula is C28H24F2N6O4S2. The molecule has 0 aliphatic heterocycles. The van der Waals surface area contributed by atoms with E-state index in [4.69, 9.17) is 9.65 Å². The summed E-state index contributed by atoms with van der Waals surface area (Å²) in [5.74, 6) is -1.79. The fourth-order valence-electron chi connectivity index (χ4n) is 4.84. The standard InChI is InChI=1S/C28H24F2N6O4S2/c1-35-13-18(12-31-35)20-10-17(5-7-22(20)29)26-21(9-16-4-6-19(11-23(16)30)34-42(39)40)24(8-15-2-3-15)33-36(26)28-32-25(14-41-28)27(37)38/h4-7,10-15,34H,2-3,8-9H2,1H3,(H,37,38)(H,39,40). The second kappa shape index (κ2) is 11.2. The number of carboxylic acids is 1. The molecular weight excluding hydrogens is 586 g/mol. The molecule has 14 heteroatoms. The Morgan fingerprint density at radius 2 is 1.98 bits per heavy atom. The zero-order valence-electron chi connectivity index (χ0n) is 22.1. The molecule has 0 bridgehead atoms. The minimum atomic E-state index is -2.35. The van der Waals surface area contributed by atoms with Gasteiger partial charge in [-0.25, -0.2) is 27.5 Å². The number of nitrogens with one attached hydrogen (secondary N) is 1. The molecule has 1 atom stereocenters. The number of anilines is 1. The van der Waals surface area contributed by atoms with Gasteiger partial charge in [-0.2, -0.15) is 10.2 Å². The van der Waals surface area contributed by atoms with Crippen molar-refractivity contribution in [2.45, 2.75) is 25.7 Å². The van der Waals surface area contributed by atoms with Gasteiger partial charge in [0.25, 0.3) is 11.3 Å². The predicted molar refractivity (Wildman–Crippen MR) is 154 cm³/mol. The molecule has 6 rings (SSSR count). The maximum Gasteiger partial charge on any atom is 0.355 e. The van der Waals surface area contributed by atoms with Crippen LogP contribution in [0, 0.1) is 17.6 Å². The quantitative estimate of drug-likeness (QED) is 0.179. The van der Waals surface area contributed by atoms with E-state index in [-0.39, 0.29) is 17.8 Å². The van der Waals surface area contributed by atoms with Crippen LogP contribution in [0.1, 0.15) is 40.2 Å². The van der Waals surface area contributed by atoms with E-state index in [2.05, 4.69) is 14.8 Å². The van der Waals surface area contributed by atoms with Crippen LogP contribution < -0.4 is 4.72 Å². The summed E-state index contributed by atoms with van der Waals surface area (Å²) in [6.45, 7) is 0. The first-order valence-electron chi connectivity index (χ1n) is 12.9. The first kappa shape index (κ1) is 27.9. The van der Waals surface area contributed by atoms with Gasteiger partial charge in [0.15, 0.2) is 5.69 Å². The van der Waals surface area contributed by atoms with Gasteiger partial charge in [-0.1, -0.05) is 6.07 Å². The number of benzene rings is 2. The minimum absolute atomic E-state index is 0.114. The van der Waals surface area contributed by atoms with Crippen LogP contribution in [0.25, 0.3) is 27.5 Å². The van der Waals surface area contributed by atoms with Gasteiger partial charge in [0, 0.05) is 47.3 Å². The first-order chi connectivity index (χ1) is 20.2.